The van der Waals surface area contributed by atoms with Crippen LogP contribution in [0.2, 0.25) is 0 Å². The molecule has 1 aromatic heterocycles. The Labute approximate surface area is 145 Å². The number of nitrogens with one attached hydrogen (secondary N) is 2. The molecule has 0 bridgehead atoms. The molecule has 4 rings (SSSR count). The SMILES string of the molecule is O=S(=O)(c1cccc(F)c1)c1c[nH]c2c(N3CCNCC3)cccc12. The fourth-order valence-corrected chi connectivity index (χ4v) is 4.72. The lowest BCUT2D eigenvalue weighted by atomic mass is 10.2. The molecule has 1 aliphatic heterocycles. The van der Waals surface area contributed by atoms with Gasteiger partial charge in [-0.05, 0) is 24.3 Å². The quantitative estimate of drug-likeness (QED) is 0.754. The number of benzene rings is 2. The van der Waals surface area contributed by atoms with Crippen LogP contribution in [0.5, 0.6) is 0 Å². The molecule has 0 aliphatic carbocycles. The fourth-order valence-electron chi connectivity index (χ4n) is 3.27. The molecule has 2 heterocycles. The summed E-state index contributed by atoms with van der Waals surface area (Å²) in [6.07, 6.45) is 1.50. The summed E-state index contributed by atoms with van der Waals surface area (Å²) >= 11 is 0. The first-order valence-electron chi connectivity index (χ1n) is 8.14. The standard InChI is InChI=1S/C18H18FN3O2S/c19-13-3-1-4-14(11-13)25(23,24)17-12-21-18-15(17)5-2-6-16(18)22-9-7-20-8-10-22/h1-6,11-12,20-21H,7-10H2. The lowest BCUT2D eigenvalue weighted by Crippen LogP contribution is -2.43. The second-order valence-corrected chi connectivity index (χ2v) is 7.97. The highest BCUT2D eigenvalue weighted by atomic mass is 32.2. The van der Waals surface area contributed by atoms with Gasteiger partial charge in [-0.25, -0.2) is 12.8 Å². The first-order valence-corrected chi connectivity index (χ1v) is 9.62. The van der Waals surface area contributed by atoms with E-state index in [4.69, 9.17) is 0 Å². The zero-order valence-corrected chi connectivity index (χ0v) is 14.3. The van der Waals surface area contributed by atoms with E-state index >= 15 is 0 Å². The number of halogens is 1. The molecule has 5 nitrogen and oxygen atoms in total. The Morgan fingerprint density at radius 3 is 2.56 bits per heavy atom. The van der Waals surface area contributed by atoms with Crippen molar-refractivity contribution in [3.63, 3.8) is 0 Å². The fraction of sp³-hybridized carbons (Fsp3) is 0.222. The molecule has 7 heteroatoms. The highest BCUT2D eigenvalue weighted by Crippen LogP contribution is 2.33. The summed E-state index contributed by atoms with van der Waals surface area (Å²) in [5.74, 6) is -0.567. The van der Waals surface area contributed by atoms with Gasteiger partial charge in [-0.15, -0.1) is 0 Å². The topological polar surface area (TPSA) is 65.2 Å². The Kier molecular flexibility index (Phi) is 3.97. The Hall–Kier alpha value is -2.38. The molecule has 0 saturated carbocycles. The Balaban J connectivity index is 1.84. The lowest BCUT2D eigenvalue weighted by molar-refractivity contribution is 0.590. The van der Waals surface area contributed by atoms with Crippen molar-refractivity contribution >= 4 is 26.4 Å². The van der Waals surface area contributed by atoms with Gasteiger partial charge >= 0.3 is 0 Å². The number of hydrogen-bond acceptors (Lipinski definition) is 4. The third kappa shape index (κ3) is 2.79. The lowest BCUT2D eigenvalue weighted by Gasteiger charge is -2.29. The van der Waals surface area contributed by atoms with Crippen LogP contribution in [0.3, 0.4) is 0 Å². The second kappa shape index (κ2) is 6.16. The van der Waals surface area contributed by atoms with Crippen LogP contribution in [-0.4, -0.2) is 39.6 Å². The van der Waals surface area contributed by atoms with E-state index in [0.29, 0.717) is 5.39 Å². The van der Waals surface area contributed by atoms with Crippen LogP contribution in [0.4, 0.5) is 10.1 Å². The number of aromatic nitrogens is 1. The van der Waals surface area contributed by atoms with E-state index in [9.17, 15) is 12.8 Å². The van der Waals surface area contributed by atoms with Gasteiger partial charge in [-0.3, -0.25) is 0 Å². The van der Waals surface area contributed by atoms with Crippen LogP contribution >= 0.6 is 0 Å². The van der Waals surface area contributed by atoms with Crippen molar-refractivity contribution in [1.29, 1.82) is 0 Å². The van der Waals surface area contributed by atoms with Crippen LogP contribution in [0.1, 0.15) is 0 Å². The summed E-state index contributed by atoms with van der Waals surface area (Å²) in [6, 6.07) is 10.7. The van der Waals surface area contributed by atoms with E-state index < -0.39 is 15.7 Å². The first kappa shape index (κ1) is 16.1. The minimum atomic E-state index is -3.79. The van der Waals surface area contributed by atoms with Crippen LogP contribution in [0.25, 0.3) is 10.9 Å². The summed E-state index contributed by atoms with van der Waals surface area (Å²) in [5.41, 5.74) is 1.78. The van der Waals surface area contributed by atoms with Crippen molar-refractivity contribution in [1.82, 2.24) is 10.3 Å². The average molecular weight is 359 g/mol. The normalized spacial score (nSPS) is 15.6. The van der Waals surface area contributed by atoms with Crippen molar-refractivity contribution in [2.75, 3.05) is 31.1 Å². The van der Waals surface area contributed by atoms with Gasteiger partial charge in [-0.2, -0.15) is 0 Å². The number of rotatable bonds is 3. The van der Waals surface area contributed by atoms with E-state index in [-0.39, 0.29) is 9.79 Å². The second-order valence-electron chi connectivity index (χ2n) is 6.05. The van der Waals surface area contributed by atoms with Gasteiger partial charge in [0.25, 0.3) is 0 Å². The molecule has 3 aromatic rings. The number of hydrogen-bond donors (Lipinski definition) is 2. The van der Waals surface area contributed by atoms with Crippen LogP contribution in [-0.2, 0) is 9.84 Å². The summed E-state index contributed by atoms with van der Waals surface area (Å²) < 4.78 is 39.4. The molecule has 1 saturated heterocycles. The number of anilines is 1. The van der Waals surface area contributed by atoms with Crippen molar-refractivity contribution in [3.05, 3.63) is 54.5 Å². The van der Waals surface area contributed by atoms with E-state index in [0.717, 1.165) is 43.4 Å². The Morgan fingerprint density at radius 2 is 1.80 bits per heavy atom. The molecular formula is C18H18FN3O2S. The van der Waals surface area contributed by atoms with Crippen LogP contribution in [0, 0.1) is 5.82 Å². The van der Waals surface area contributed by atoms with E-state index in [2.05, 4.69) is 15.2 Å². The number of piperazine rings is 1. The molecule has 1 aliphatic rings. The third-order valence-electron chi connectivity index (χ3n) is 4.51. The molecule has 130 valence electrons. The maximum absolute atomic E-state index is 13.5. The molecular weight excluding hydrogens is 341 g/mol. The number of aromatic amines is 1. The Bertz CT molecular complexity index is 1020. The van der Waals surface area contributed by atoms with Crippen LogP contribution in [0.15, 0.2) is 58.5 Å². The average Bonchev–Trinajstić information content (AvgIpc) is 3.07. The number of sulfone groups is 1. The molecule has 25 heavy (non-hydrogen) atoms. The van der Waals surface area contributed by atoms with Crippen molar-refractivity contribution in [2.45, 2.75) is 9.79 Å². The minimum Gasteiger partial charge on any atom is -0.367 e. The zero-order valence-electron chi connectivity index (χ0n) is 13.5. The van der Waals surface area contributed by atoms with Crippen LogP contribution < -0.4 is 10.2 Å². The smallest absolute Gasteiger partial charge is 0.208 e. The van der Waals surface area contributed by atoms with Crippen molar-refractivity contribution in [2.24, 2.45) is 0 Å². The maximum Gasteiger partial charge on any atom is 0.208 e. The number of fused-ring (bicyclic) bond motifs is 1. The van der Waals surface area contributed by atoms with E-state index in [1.54, 1.807) is 6.07 Å². The highest BCUT2D eigenvalue weighted by molar-refractivity contribution is 7.91. The largest absolute Gasteiger partial charge is 0.367 e. The summed E-state index contributed by atoms with van der Waals surface area (Å²) in [4.78, 5) is 5.47. The number of H-pyrrole nitrogens is 1. The minimum absolute atomic E-state index is 0.0408. The van der Waals surface area contributed by atoms with Gasteiger partial charge in [-0.1, -0.05) is 18.2 Å². The zero-order chi connectivity index (χ0) is 17.4. The van der Waals surface area contributed by atoms with Crippen molar-refractivity contribution < 1.29 is 12.8 Å². The molecule has 1 fully saturated rings. The van der Waals surface area contributed by atoms with Crippen molar-refractivity contribution in [3.8, 4) is 0 Å². The third-order valence-corrected chi connectivity index (χ3v) is 6.30. The van der Waals surface area contributed by atoms with E-state index in [1.807, 2.05) is 12.1 Å². The van der Waals surface area contributed by atoms with Gasteiger partial charge in [0, 0.05) is 37.8 Å². The molecule has 2 aromatic carbocycles. The predicted molar refractivity (Wildman–Crippen MR) is 95.2 cm³/mol. The maximum atomic E-state index is 13.5. The molecule has 0 amide bonds. The summed E-state index contributed by atoms with van der Waals surface area (Å²) in [6.45, 7) is 3.52. The molecule has 0 radical (unpaired) electrons. The molecule has 0 atom stereocenters. The Morgan fingerprint density at radius 1 is 1.04 bits per heavy atom. The van der Waals surface area contributed by atoms with Gasteiger partial charge in [0.2, 0.25) is 9.84 Å². The number of para-hydroxylation sites is 1. The van der Waals surface area contributed by atoms with Gasteiger partial charge < -0.3 is 15.2 Å². The molecule has 2 N–H and O–H groups in total. The summed E-state index contributed by atoms with van der Waals surface area (Å²) in [5, 5.41) is 3.93. The highest BCUT2D eigenvalue weighted by Gasteiger charge is 2.24. The predicted octanol–water partition coefficient (Wildman–Crippen LogP) is 2.55. The number of nitrogens with zero attached hydrogens (tertiary/aromatic N) is 1. The molecule has 0 spiro atoms. The summed E-state index contributed by atoms with van der Waals surface area (Å²) in [7, 11) is -3.79. The monoisotopic (exact) mass is 359 g/mol. The van der Waals surface area contributed by atoms with Gasteiger partial charge in [0.05, 0.1) is 21.0 Å². The van der Waals surface area contributed by atoms with Gasteiger partial charge in [0.15, 0.2) is 0 Å². The molecule has 0 unspecified atom stereocenters. The first-order chi connectivity index (χ1) is 12.1. The van der Waals surface area contributed by atoms with Gasteiger partial charge in [0.1, 0.15) is 5.82 Å². The van der Waals surface area contributed by atoms with E-state index in [1.165, 1.54) is 24.4 Å².